The van der Waals surface area contributed by atoms with Crippen LogP contribution < -0.4 is 0 Å². The second kappa shape index (κ2) is 4.21. The van der Waals surface area contributed by atoms with Crippen molar-refractivity contribution in [3.63, 3.8) is 0 Å². The van der Waals surface area contributed by atoms with Crippen LogP contribution >= 0.6 is 0 Å². The Morgan fingerprint density at radius 2 is 2.00 bits per heavy atom. The van der Waals surface area contributed by atoms with Crippen LogP contribution in [-0.2, 0) is 4.43 Å². The summed E-state index contributed by atoms with van der Waals surface area (Å²) < 4.78 is 6.36. The lowest BCUT2D eigenvalue weighted by molar-refractivity contribution is 0.195. The highest BCUT2D eigenvalue weighted by molar-refractivity contribution is 6.72. The van der Waals surface area contributed by atoms with Gasteiger partial charge in [-0.25, -0.2) is 0 Å². The van der Waals surface area contributed by atoms with Gasteiger partial charge in [0.15, 0.2) is 8.32 Å². The summed E-state index contributed by atoms with van der Waals surface area (Å²) >= 11 is 0. The molecule has 0 saturated heterocycles. The molecule has 0 aliphatic heterocycles. The summed E-state index contributed by atoms with van der Waals surface area (Å²) in [7, 11) is -1.41. The minimum absolute atomic E-state index is 0.478. The molecule has 88 valence electrons. The molecule has 0 heterocycles. The summed E-state index contributed by atoms with van der Waals surface area (Å²) in [6.07, 6.45) is 7.65. The maximum Gasteiger partial charge on any atom is 0.190 e. The molecule has 0 aromatic carbocycles. The minimum Gasteiger partial charge on any atom is -0.414 e. The van der Waals surface area contributed by atoms with Crippen LogP contribution in [0.5, 0.6) is 0 Å². The Labute approximate surface area is 95.7 Å². The predicted octanol–water partition coefficient (Wildman–Crippen LogP) is 4.20. The topological polar surface area (TPSA) is 9.23 Å². The van der Waals surface area contributed by atoms with Gasteiger partial charge in [-0.15, -0.1) is 0 Å². The van der Waals surface area contributed by atoms with Gasteiger partial charge in [-0.1, -0.05) is 19.8 Å². The Balaban J connectivity index is 1.96. The first-order valence-corrected chi connectivity index (χ1v) is 9.69. The Hall–Kier alpha value is 0.177. The summed E-state index contributed by atoms with van der Waals surface area (Å²) in [5.74, 6) is 2.09. The van der Waals surface area contributed by atoms with Crippen LogP contribution in [0, 0.1) is 11.8 Å². The lowest BCUT2D eigenvalue weighted by atomic mass is 10.0. The average molecular weight is 226 g/mol. The molecule has 4 atom stereocenters. The SMILES string of the molecule is CCC(C)O[Si](C)(C)[C@@H]1C[C@H]2CC[C@@H]1C2. The molecule has 15 heavy (non-hydrogen) atoms. The number of hydrogen-bond donors (Lipinski definition) is 0. The van der Waals surface area contributed by atoms with E-state index in [1.165, 1.54) is 25.7 Å². The van der Waals surface area contributed by atoms with Crippen molar-refractivity contribution in [3.8, 4) is 0 Å². The number of fused-ring (bicyclic) bond motifs is 2. The highest BCUT2D eigenvalue weighted by Crippen LogP contribution is 2.55. The molecular weight excluding hydrogens is 200 g/mol. The third-order valence-corrected chi connectivity index (χ3v) is 8.21. The van der Waals surface area contributed by atoms with Crippen LogP contribution in [-0.4, -0.2) is 14.4 Å². The number of rotatable bonds is 4. The standard InChI is InChI=1S/C13H26OSi/c1-5-10(2)14-15(3,4)13-9-11-6-7-12(13)8-11/h10-13H,5-9H2,1-4H3/t10?,11-,12+,13+/m0/s1. The fraction of sp³-hybridized carbons (Fsp3) is 1.00. The Bertz CT molecular complexity index is 227. The van der Waals surface area contributed by atoms with E-state index in [9.17, 15) is 0 Å². The highest BCUT2D eigenvalue weighted by atomic mass is 28.4. The van der Waals surface area contributed by atoms with Crippen molar-refractivity contribution in [2.45, 2.75) is 70.7 Å². The summed E-state index contributed by atoms with van der Waals surface area (Å²) in [5.41, 5.74) is 0.963. The van der Waals surface area contributed by atoms with E-state index < -0.39 is 8.32 Å². The first-order valence-electron chi connectivity index (χ1n) is 6.70. The molecule has 0 aromatic heterocycles. The van der Waals surface area contributed by atoms with Gasteiger partial charge in [0.1, 0.15) is 0 Å². The first-order chi connectivity index (χ1) is 7.03. The zero-order valence-electron chi connectivity index (χ0n) is 10.8. The van der Waals surface area contributed by atoms with Gasteiger partial charge in [0.2, 0.25) is 0 Å². The zero-order valence-corrected chi connectivity index (χ0v) is 11.8. The summed E-state index contributed by atoms with van der Waals surface area (Å²) in [5, 5.41) is 0. The molecular formula is C13H26OSi. The van der Waals surface area contributed by atoms with Crippen molar-refractivity contribution in [2.24, 2.45) is 11.8 Å². The second-order valence-electron chi connectivity index (χ2n) is 6.22. The van der Waals surface area contributed by atoms with Gasteiger partial charge in [0.25, 0.3) is 0 Å². The summed E-state index contributed by atoms with van der Waals surface area (Å²) in [6, 6.07) is 0. The van der Waals surface area contributed by atoms with E-state index >= 15 is 0 Å². The zero-order chi connectivity index (χ0) is 11.1. The molecule has 0 amide bonds. The highest BCUT2D eigenvalue weighted by Gasteiger charge is 2.48. The van der Waals surface area contributed by atoms with Crippen molar-refractivity contribution in [2.75, 3.05) is 0 Å². The molecule has 0 spiro atoms. The fourth-order valence-corrected chi connectivity index (χ4v) is 7.50. The Morgan fingerprint density at radius 3 is 2.47 bits per heavy atom. The first kappa shape index (κ1) is 11.7. The Morgan fingerprint density at radius 1 is 1.27 bits per heavy atom. The normalized spacial score (nSPS) is 37.2. The predicted molar refractivity (Wildman–Crippen MR) is 67.5 cm³/mol. The van der Waals surface area contributed by atoms with Gasteiger partial charge < -0.3 is 4.43 Å². The van der Waals surface area contributed by atoms with Gasteiger partial charge in [-0.2, -0.15) is 0 Å². The molecule has 2 rings (SSSR count). The molecule has 2 aliphatic rings. The molecule has 2 heteroatoms. The molecule has 2 fully saturated rings. The maximum atomic E-state index is 6.36. The van der Waals surface area contributed by atoms with Crippen molar-refractivity contribution < 1.29 is 4.43 Å². The lowest BCUT2D eigenvalue weighted by Crippen LogP contribution is -2.41. The van der Waals surface area contributed by atoms with E-state index in [1.807, 2.05) is 0 Å². The average Bonchev–Trinajstić information content (AvgIpc) is 2.77. The van der Waals surface area contributed by atoms with Crippen LogP contribution in [0.2, 0.25) is 18.6 Å². The van der Waals surface area contributed by atoms with E-state index in [4.69, 9.17) is 4.43 Å². The van der Waals surface area contributed by atoms with Crippen LogP contribution in [0.15, 0.2) is 0 Å². The lowest BCUT2D eigenvalue weighted by Gasteiger charge is -2.37. The maximum absolute atomic E-state index is 6.36. The van der Waals surface area contributed by atoms with Crippen LogP contribution in [0.25, 0.3) is 0 Å². The van der Waals surface area contributed by atoms with Crippen LogP contribution in [0.1, 0.15) is 46.0 Å². The molecule has 1 unspecified atom stereocenters. The quantitative estimate of drug-likeness (QED) is 0.653. The number of hydrogen-bond acceptors (Lipinski definition) is 1. The molecule has 0 radical (unpaired) electrons. The third-order valence-electron chi connectivity index (χ3n) is 4.71. The Kier molecular flexibility index (Phi) is 3.27. The van der Waals surface area contributed by atoms with E-state index in [-0.39, 0.29) is 0 Å². The van der Waals surface area contributed by atoms with E-state index in [2.05, 4.69) is 26.9 Å². The van der Waals surface area contributed by atoms with Crippen molar-refractivity contribution >= 4 is 8.32 Å². The van der Waals surface area contributed by atoms with Crippen LogP contribution in [0.4, 0.5) is 0 Å². The van der Waals surface area contributed by atoms with Gasteiger partial charge in [-0.05, 0) is 56.7 Å². The summed E-state index contributed by atoms with van der Waals surface area (Å²) in [6.45, 7) is 9.37. The monoisotopic (exact) mass is 226 g/mol. The fourth-order valence-electron chi connectivity index (χ4n) is 3.79. The van der Waals surface area contributed by atoms with Gasteiger partial charge in [0, 0.05) is 6.10 Å². The molecule has 2 aliphatic carbocycles. The van der Waals surface area contributed by atoms with Gasteiger partial charge >= 0.3 is 0 Å². The van der Waals surface area contributed by atoms with Crippen LogP contribution in [0.3, 0.4) is 0 Å². The molecule has 2 saturated carbocycles. The van der Waals surface area contributed by atoms with E-state index in [0.29, 0.717) is 6.10 Å². The minimum atomic E-state index is -1.41. The van der Waals surface area contributed by atoms with Gasteiger partial charge in [-0.3, -0.25) is 0 Å². The molecule has 0 N–H and O–H groups in total. The second-order valence-corrected chi connectivity index (χ2v) is 10.4. The van der Waals surface area contributed by atoms with Crippen molar-refractivity contribution in [1.29, 1.82) is 0 Å². The largest absolute Gasteiger partial charge is 0.414 e. The van der Waals surface area contributed by atoms with E-state index in [1.54, 1.807) is 0 Å². The van der Waals surface area contributed by atoms with Crippen molar-refractivity contribution in [3.05, 3.63) is 0 Å². The van der Waals surface area contributed by atoms with E-state index in [0.717, 1.165) is 23.8 Å². The summed E-state index contributed by atoms with van der Waals surface area (Å²) in [4.78, 5) is 0. The van der Waals surface area contributed by atoms with Gasteiger partial charge in [0.05, 0.1) is 0 Å². The molecule has 2 bridgehead atoms. The van der Waals surface area contributed by atoms with Crippen molar-refractivity contribution in [1.82, 2.24) is 0 Å². The molecule has 1 nitrogen and oxygen atoms in total. The third kappa shape index (κ3) is 2.31. The molecule has 0 aromatic rings. The smallest absolute Gasteiger partial charge is 0.190 e.